The maximum absolute atomic E-state index is 13.6. The molecule has 0 rings (SSSR count). The first kappa shape index (κ1) is 62.4. The van der Waals surface area contributed by atoms with Crippen molar-refractivity contribution in [3.63, 3.8) is 0 Å². The molecule has 21 N–H and O–H groups in total. The van der Waals surface area contributed by atoms with E-state index in [-0.39, 0.29) is 31.7 Å². The van der Waals surface area contributed by atoms with E-state index in [1.165, 1.54) is 13.8 Å². The van der Waals surface area contributed by atoms with E-state index in [0.29, 0.717) is 6.42 Å². The SMILES string of the molecule is CC(C)C[C@H](N)C(=O)N[C@@H](CO)C(=O)N[C@@H](CCC(N)=O)C(=O)N[C@H](C(=O)N[C@@H](CO)C(=O)N[C@@H](CC(N)=O)C(=O)N[C@H](C(=O)N[C@@H](CC(=O)O)C(=O)N[C@@H](CCCCN)C(=O)O)C(C)C)[C@@H](C)O. The molecule has 0 aliphatic carbocycles. The van der Waals surface area contributed by atoms with E-state index in [1.54, 1.807) is 13.8 Å². The summed E-state index contributed by atoms with van der Waals surface area (Å²) in [5.74, 6) is -15.4. The fourth-order valence-corrected chi connectivity index (χ4v) is 6.17. The van der Waals surface area contributed by atoms with Gasteiger partial charge in [-0.2, -0.15) is 0 Å². The number of primary amides is 2. The Hall–Kier alpha value is -6.56. The third kappa shape index (κ3) is 23.8. The van der Waals surface area contributed by atoms with E-state index in [1.807, 2.05) is 5.32 Å². The molecule has 0 saturated heterocycles. The fourth-order valence-electron chi connectivity index (χ4n) is 6.17. The number of carbonyl (C=O) groups is 12. The zero-order chi connectivity index (χ0) is 53.3. The molecule has 0 aliphatic rings. The number of nitrogens with two attached hydrogens (primary N) is 4. The van der Waals surface area contributed by atoms with Crippen LogP contribution in [0.25, 0.3) is 0 Å². The predicted molar refractivity (Wildman–Crippen MR) is 239 cm³/mol. The second-order valence-corrected chi connectivity index (χ2v) is 16.8. The molecular formula is C40H70N12O17. The Kier molecular flexibility index (Phi) is 28.5. The first-order chi connectivity index (χ1) is 32.1. The third-order valence-corrected chi connectivity index (χ3v) is 9.93. The van der Waals surface area contributed by atoms with Crippen LogP contribution < -0.4 is 65.5 Å². The number of aliphatic carboxylic acids is 2. The Bertz CT molecular complexity index is 1820. The molecule has 0 spiro atoms. The largest absolute Gasteiger partial charge is 0.481 e. The normalized spacial score (nSPS) is 15.5. The molecule has 0 heterocycles. The van der Waals surface area contributed by atoms with Gasteiger partial charge >= 0.3 is 11.9 Å². The van der Waals surface area contributed by atoms with Gasteiger partial charge in [-0.1, -0.05) is 27.7 Å². The Morgan fingerprint density at radius 2 is 0.913 bits per heavy atom. The number of hydrogen-bond donors (Lipinski definition) is 17. The quantitative estimate of drug-likeness (QED) is 0.0266. The number of aliphatic hydroxyl groups excluding tert-OH is 3. The number of carbonyl (C=O) groups excluding carboxylic acids is 10. The molecule has 10 atom stereocenters. The highest BCUT2D eigenvalue weighted by molar-refractivity contribution is 5.99. The summed E-state index contributed by atoms with van der Waals surface area (Å²) in [6.07, 6.45) is -3.89. The van der Waals surface area contributed by atoms with Crippen LogP contribution in [0, 0.1) is 11.8 Å². The molecule has 0 unspecified atom stereocenters. The summed E-state index contributed by atoms with van der Waals surface area (Å²) in [5.41, 5.74) is 21.8. The molecule has 69 heavy (non-hydrogen) atoms. The van der Waals surface area contributed by atoms with Crippen LogP contribution in [0.1, 0.15) is 86.0 Å². The predicted octanol–water partition coefficient (Wildman–Crippen LogP) is -7.91. The average Bonchev–Trinajstić information content (AvgIpc) is 3.24. The monoisotopic (exact) mass is 990 g/mol. The highest BCUT2D eigenvalue weighted by Crippen LogP contribution is 2.09. The lowest BCUT2D eigenvalue weighted by Gasteiger charge is -2.28. The van der Waals surface area contributed by atoms with Crippen LogP contribution in [0.2, 0.25) is 0 Å². The van der Waals surface area contributed by atoms with Gasteiger partial charge in [0.15, 0.2) is 0 Å². The van der Waals surface area contributed by atoms with Crippen molar-refractivity contribution in [2.45, 2.75) is 146 Å². The number of carboxylic acid groups (broad SMARTS) is 2. The summed E-state index contributed by atoms with van der Waals surface area (Å²) >= 11 is 0. The second kappa shape index (κ2) is 31.5. The van der Waals surface area contributed by atoms with Crippen molar-refractivity contribution < 1.29 is 83.1 Å². The summed E-state index contributed by atoms with van der Waals surface area (Å²) in [7, 11) is 0. The van der Waals surface area contributed by atoms with Crippen molar-refractivity contribution in [3.8, 4) is 0 Å². The van der Waals surface area contributed by atoms with Crippen LogP contribution in [0.3, 0.4) is 0 Å². The molecule has 0 bridgehead atoms. The van der Waals surface area contributed by atoms with E-state index >= 15 is 0 Å². The molecular weight excluding hydrogens is 921 g/mol. The molecule has 392 valence electrons. The topological polar surface area (TPSA) is 506 Å². The summed E-state index contributed by atoms with van der Waals surface area (Å²) in [4.78, 5) is 153. The van der Waals surface area contributed by atoms with Crippen LogP contribution in [-0.2, 0) is 57.5 Å². The van der Waals surface area contributed by atoms with Crippen LogP contribution in [0.5, 0.6) is 0 Å². The van der Waals surface area contributed by atoms with Crippen LogP contribution in [0.4, 0.5) is 0 Å². The molecule has 0 aromatic carbocycles. The Morgan fingerprint density at radius 3 is 1.36 bits per heavy atom. The van der Waals surface area contributed by atoms with Crippen molar-refractivity contribution in [2.75, 3.05) is 19.8 Å². The van der Waals surface area contributed by atoms with Gasteiger partial charge in [-0.3, -0.25) is 52.7 Å². The lowest BCUT2D eigenvalue weighted by Crippen LogP contribution is -2.63. The second-order valence-electron chi connectivity index (χ2n) is 16.8. The summed E-state index contributed by atoms with van der Waals surface area (Å²) in [6, 6.07) is -15.2. The maximum Gasteiger partial charge on any atom is 0.326 e. The van der Waals surface area contributed by atoms with E-state index in [0.717, 1.165) is 6.92 Å². The van der Waals surface area contributed by atoms with Gasteiger partial charge in [-0.05, 0) is 57.4 Å². The van der Waals surface area contributed by atoms with E-state index in [4.69, 9.17) is 22.9 Å². The third-order valence-electron chi connectivity index (χ3n) is 9.93. The zero-order valence-electron chi connectivity index (χ0n) is 39.2. The van der Waals surface area contributed by atoms with Gasteiger partial charge in [0.2, 0.25) is 59.1 Å². The van der Waals surface area contributed by atoms with E-state index < -0.39 is 176 Å². The molecule has 0 radical (unpaired) electrons. The van der Waals surface area contributed by atoms with Crippen molar-refractivity contribution in [1.29, 1.82) is 0 Å². The maximum atomic E-state index is 13.6. The highest BCUT2D eigenvalue weighted by atomic mass is 16.4. The summed E-state index contributed by atoms with van der Waals surface area (Å²) in [5, 5.41) is 66.7. The number of nitrogens with one attached hydrogen (secondary N) is 8. The van der Waals surface area contributed by atoms with Gasteiger partial charge in [-0.15, -0.1) is 0 Å². The molecule has 0 fully saturated rings. The molecule has 10 amide bonds. The lowest BCUT2D eigenvalue weighted by molar-refractivity contribution is -0.144. The van der Waals surface area contributed by atoms with Crippen LogP contribution in [0.15, 0.2) is 0 Å². The minimum atomic E-state index is -2.00. The van der Waals surface area contributed by atoms with Gasteiger partial charge < -0.3 is 91.0 Å². The summed E-state index contributed by atoms with van der Waals surface area (Å²) < 4.78 is 0. The number of carboxylic acids is 2. The number of unbranched alkanes of at least 4 members (excludes halogenated alkanes) is 1. The van der Waals surface area contributed by atoms with Gasteiger partial charge in [0.25, 0.3) is 0 Å². The Balaban J connectivity index is 6.29. The molecule has 29 heteroatoms. The number of rotatable bonds is 34. The minimum Gasteiger partial charge on any atom is -0.481 e. The Morgan fingerprint density at radius 1 is 0.493 bits per heavy atom. The molecule has 0 saturated carbocycles. The average molecular weight is 991 g/mol. The first-order valence-electron chi connectivity index (χ1n) is 21.9. The summed E-state index contributed by atoms with van der Waals surface area (Å²) in [6.45, 7) is 5.49. The standard InChI is InChI=1S/C40H70N12O17/c1-17(2)12-20(42)32(60)49-25(15-53)36(64)45-21(9-10-27(43)56)33(61)52-31(19(5)55)39(67)50-26(16-54)37(65)47-23(13-28(44)57)35(63)51-30(18(3)4)38(66)48-24(14-29(58)59)34(62)46-22(40(68)69)8-6-7-11-41/h17-26,30-31,53-55H,6-16,41-42H2,1-5H3,(H2,43,56)(H2,44,57)(H,45,64)(H,46,62)(H,47,65)(H,48,66)(H,49,60)(H,50,67)(H,51,63)(H,52,61)(H,58,59)(H,68,69)/t19-,20+,21+,22+,23+,24+,25+,26+,30+,31+/m1/s1. The number of aliphatic hydroxyl groups is 3. The van der Waals surface area contributed by atoms with Crippen LogP contribution >= 0.6 is 0 Å². The van der Waals surface area contributed by atoms with Gasteiger partial charge in [0.05, 0.1) is 38.2 Å². The molecule has 0 aliphatic heterocycles. The Labute approximate surface area is 397 Å². The molecule has 0 aromatic heterocycles. The van der Waals surface area contributed by atoms with Gasteiger partial charge in [0.1, 0.15) is 48.3 Å². The number of hydrogen-bond acceptors (Lipinski definition) is 17. The minimum absolute atomic E-state index is 0.00865. The fraction of sp³-hybridized carbons (Fsp3) is 0.700. The van der Waals surface area contributed by atoms with Crippen molar-refractivity contribution in [1.82, 2.24) is 42.5 Å². The lowest BCUT2D eigenvalue weighted by atomic mass is 10.0. The molecule has 0 aromatic rings. The first-order valence-corrected chi connectivity index (χ1v) is 21.9. The highest BCUT2D eigenvalue weighted by Gasteiger charge is 2.37. The van der Waals surface area contributed by atoms with Crippen molar-refractivity contribution in [3.05, 3.63) is 0 Å². The van der Waals surface area contributed by atoms with E-state index in [2.05, 4.69) is 37.2 Å². The zero-order valence-corrected chi connectivity index (χ0v) is 39.2. The molecule has 29 nitrogen and oxygen atoms in total. The van der Waals surface area contributed by atoms with Crippen molar-refractivity contribution in [2.24, 2.45) is 34.8 Å². The van der Waals surface area contributed by atoms with Gasteiger partial charge in [-0.25, -0.2) is 4.79 Å². The van der Waals surface area contributed by atoms with Crippen molar-refractivity contribution >= 4 is 71.0 Å². The van der Waals surface area contributed by atoms with Crippen LogP contribution in [-0.4, -0.2) is 177 Å². The van der Waals surface area contributed by atoms with Gasteiger partial charge in [0, 0.05) is 6.42 Å². The number of amides is 10. The smallest absolute Gasteiger partial charge is 0.326 e. The van der Waals surface area contributed by atoms with E-state index in [9.17, 15) is 83.1 Å².